The minimum Gasteiger partial charge on any atom is -0.389 e. The lowest BCUT2D eigenvalue weighted by Crippen LogP contribution is -2.50. The molecule has 1 atom stereocenters. The van der Waals surface area contributed by atoms with Crippen LogP contribution in [0.2, 0.25) is 5.02 Å². The number of pyridine rings is 1. The summed E-state index contributed by atoms with van der Waals surface area (Å²) >= 11 is 6.70. The lowest BCUT2D eigenvalue weighted by molar-refractivity contribution is -0.139. The number of rotatable bonds is 12. The van der Waals surface area contributed by atoms with E-state index in [1.165, 1.54) is 0 Å². The fourth-order valence-electron chi connectivity index (χ4n) is 10.1. The smallest absolute Gasteiger partial charge is 0.249 e. The molecule has 4 aliphatic heterocycles. The summed E-state index contributed by atoms with van der Waals surface area (Å²) in [5.41, 5.74) is 3.72. The van der Waals surface area contributed by atoms with E-state index in [0.717, 1.165) is 55.0 Å². The van der Waals surface area contributed by atoms with Gasteiger partial charge in [-0.25, -0.2) is 14.5 Å². The predicted molar refractivity (Wildman–Crippen MR) is 257 cm³/mol. The van der Waals surface area contributed by atoms with Crippen LogP contribution in [0.25, 0.3) is 28.0 Å². The first-order valence-electron chi connectivity index (χ1n) is 23.7. The summed E-state index contributed by atoms with van der Waals surface area (Å²) in [6, 6.07) is 11.3. The van der Waals surface area contributed by atoms with Gasteiger partial charge in [0.15, 0.2) is 0 Å². The quantitative estimate of drug-likeness (QED) is 0.114. The highest BCUT2D eigenvalue weighted by molar-refractivity contribution is 6.33. The molecule has 5 aromatic rings. The zero-order valence-electron chi connectivity index (χ0n) is 38.7. The van der Waals surface area contributed by atoms with Gasteiger partial charge in [-0.3, -0.25) is 29.2 Å². The van der Waals surface area contributed by atoms with Gasteiger partial charge in [0.1, 0.15) is 29.0 Å². The number of carbonyl (C=O) groups is 4. The van der Waals surface area contributed by atoms with Crippen molar-refractivity contribution in [3.05, 3.63) is 71.9 Å². The number of anilines is 3. The van der Waals surface area contributed by atoms with Crippen molar-refractivity contribution < 1.29 is 24.3 Å². The summed E-state index contributed by atoms with van der Waals surface area (Å²) in [7, 11) is 0. The van der Waals surface area contributed by atoms with Crippen LogP contribution >= 0.6 is 11.6 Å². The van der Waals surface area contributed by atoms with E-state index in [9.17, 15) is 29.5 Å². The minimum atomic E-state index is -1.13. The van der Waals surface area contributed by atoms with E-state index < -0.39 is 11.6 Å². The molecule has 4 fully saturated rings. The highest BCUT2D eigenvalue weighted by Gasteiger charge is 2.41. The van der Waals surface area contributed by atoms with Gasteiger partial charge < -0.3 is 30.4 Å². The number of carbonyl (C=O) groups excluding carboxylic acids is 4. The van der Waals surface area contributed by atoms with E-state index >= 15 is 0 Å². The summed E-state index contributed by atoms with van der Waals surface area (Å²) in [6.45, 7) is 9.65. The van der Waals surface area contributed by atoms with Crippen LogP contribution in [0.4, 0.5) is 17.2 Å². The largest absolute Gasteiger partial charge is 0.389 e. The van der Waals surface area contributed by atoms with E-state index in [1.807, 2.05) is 53.9 Å². The standard InChI is InChI=1S/C49H58ClN13O5/c1-4-48(47(67)55-31(2)3)13-19-60(20-14-48)41-9-5-32(26-52-41)44-45-33(25-51)27-54-63(45)30-39(57-44)34-28-53-62(29-34)36-11-17-61(18-12-36)43(65)24-49(68)15-21-59(22-16-49)40-8-6-35(23-37(40)50)56-38-7-10-42(64)58-46(38)66/h5-6,8-9,23,26-31,36,38,56,68H,4,7,10-22,24H2,1-3H3,(H,55,67)(H,58,64,66)/t38-/m1/s1. The molecule has 356 valence electrons. The highest BCUT2D eigenvalue weighted by atomic mass is 35.5. The van der Waals surface area contributed by atoms with Crippen LogP contribution in [0.15, 0.2) is 61.3 Å². The molecule has 4 aliphatic rings. The van der Waals surface area contributed by atoms with Gasteiger partial charge >= 0.3 is 0 Å². The van der Waals surface area contributed by atoms with E-state index in [-0.39, 0.29) is 54.0 Å². The number of nitriles is 1. The van der Waals surface area contributed by atoms with Crippen LogP contribution in [0.5, 0.6) is 0 Å². The molecule has 0 radical (unpaired) electrons. The summed E-state index contributed by atoms with van der Waals surface area (Å²) in [5, 5.41) is 40.0. The molecule has 8 heterocycles. The van der Waals surface area contributed by atoms with Crippen LogP contribution < -0.4 is 25.8 Å². The number of aliphatic hydroxyl groups is 1. The van der Waals surface area contributed by atoms with Crippen LogP contribution in [-0.4, -0.2) is 120 Å². The zero-order valence-corrected chi connectivity index (χ0v) is 39.5. The lowest BCUT2D eigenvalue weighted by Gasteiger charge is -2.41. The molecule has 1 aromatic carbocycles. The summed E-state index contributed by atoms with van der Waals surface area (Å²) in [4.78, 5) is 66.6. The van der Waals surface area contributed by atoms with Crippen LogP contribution in [0.3, 0.4) is 0 Å². The third kappa shape index (κ3) is 9.59. The highest BCUT2D eigenvalue weighted by Crippen LogP contribution is 2.39. The van der Waals surface area contributed by atoms with Crippen LogP contribution in [0.1, 0.15) is 96.6 Å². The van der Waals surface area contributed by atoms with Crippen molar-refractivity contribution in [1.29, 1.82) is 5.26 Å². The Balaban J connectivity index is 0.799. The molecule has 0 unspecified atom stereocenters. The average molecular weight is 945 g/mol. The number of hydrogen-bond acceptors (Lipinski definition) is 13. The van der Waals surface area contributed by atoms with E-state index in [1.54, 1.807) is 35.4 Å². The molecule has 9 rings (SSSR count). The van der Waals surface area contributed by atoms with Gasteiger partial charge in [-0.1, -0.05) is 18.5 Å². The first kappa shape index (κ1) is 46.5. The third-order valence-corrected chi connectivity index (χ3v) is 14.7. The number of piperidine rings is 4. The van der Waals surface area contributed by atoms with Gasteiger partial charge in [-0.05, 0) is 95.5 Å². The predicted octanol–water partition coefficient (Wildman–Crippen LogP) is 5.50. The maximum Gasteiger partial charge on any atom is 0.249 e. The van der Waals surface area contributed by atoms with Crippen molar-refractivity contribution in [2.75, 3.05) is 54.4 Å². The van der Waals surface area contributed by atoms with Gasteiger partial charge in [-0.2, -0.15) is 15.5 Å². The van der Waals surface area contributed by atoms with Crippen molar-refractivity contribution in [3.8, 4) is 28.6 Å². The summed E-state index contributed by atoms with van der Waals surface area (Å²) in [5.74, 6) is 0.266. The number of amides is 4. The van der Waals surface area contributed by atoms with Crippen molar-refractivity contribution in [1.82, 2.24) is 44.9 Å². The number of nitrogens with one attached hydrogen (secondary N) is 3. The van der Waals surface area contributed by atoms with Gasteiger partial charge in [0.2, 0.25) is 23.6 Å². The molecular formula is C49H58ClN13O5. The molecule has 0 bridgehead atoms. The number of aromatic nitrogens is 6. The van der Waals surface area contributed by atoms with Crippen LogP contribution in [0, 0.1) is 16.7 Å². The molecule has 19 heteroatoms. The zero-order chi connectivity index (χ0) is 47.7. The van der Waals surface area contributed by atoms with Crippen molar-refractivity contribution in [2.45, 2.75) is 109 Å². The number of halogens is 1. The minimum absolute atomic E-state index is 0.0478. The van der Waals surface area contributed by atoms with E-state index in [4.69, 9.17) is 26.7 Å². The normalized spacial score (nSPS) is 19.8. The second kappa shape index (κ2) is 19.2. The second-order valence-electron chi connectivity index (χ2n) is 19.1. The Bertz CT molecular complexity index is 2740. The molecule has 4 N–H and O–H groups in total. The monoisotopic (exact) mass is 943 g/mol. The van der Waals surface area contributed by atoms with Crippen molar-refractivity contribution >= 4 is 57.9 Å². The number of fused-ring (bicyclic) bond motifs is 1. The SMILES string of the molecule is CCC1(C(=O)NC(C)C)CCN(c2ccc(-c3nc(-c4cnn(C5CCN(C(=O)CC6(O)CCN(c7ccc(N[C@@H]8CCC(=O)NC8=O)cc7Cl)CC6)CC5)c4)cn4ncc(C#N)c34)cn2)CC1. The lowest BCUT2D eigenvalue weighted by atomic mass is 9.75. The maximum atomic E-state index is 13.6. The number of nitrogens with zero attached hydrogens (tertiary/aromatic N) is 10. The number of benzene rings is 1. The Labute approximate surface area is 400 Å². The molecule has 4 aromatic heterocycles. The Hall–Kier alpha value is -6.58. The number of likely N-dealkylation sites (tertiary alicyclic amines) is 1. The van der Waals surface area contributed by atoms with E-state index in [0.29, 0.717) is 91.5 Å². The maximum absolute atomic E-state index is 13.6. The van der Waals surface area contributed by atoms with Crippen molar-refractivity contribution in [2.24, 2.45) is 5.41 Å². The van der Waals surface area contributed by atoms with E-state index in [2.05, 4.69) is 43.8 Å². The second-order valence-corrected chi connectivity index (χ2v) is 19.5. The Morgan fingerprint density at radius 2 is 1.69 bits per heavy atom. The van der Waals surface area contributed by atoms with Gasteiger partial charge in [0.05, 0.1) is 64.2 Å². The number of imide groups is 1. The fourth-order valence-corrected chi connectivity index (χ4v) is 10.4. The molecule has 68 heavy (non-hydrogen) atoms. The first-order chi connectivity index (χ1) is 32.7. The van der Waals surface area contributed by atoms with Crippen molar-refractivity contribution in [3.63, 3.8) is 0 Å². The summed E-state index contributed by atoms with van der Waals surface area (Å²) < 4.78 is 3.62. The van der Waals surface area contributed by atoms with Crippen LogP contribution in [-0.2, 0) is 19.2 Å². The summed E-state index contributed by atoms with van der Waals surface area (Å²) in [6.07, 6.45) is 14.1. The molecule has 18 nitrogen and oxygen atoms in total. The Kier molecular flexibility index (Phi) is 13.1. The first-order valence-corrected chi connectivity index (χ1v) is 24.1. The number of hydrogen-bond donors (Lipinski definition) is 4. The molecule has 0 saturated carbocycles. The van der Waals surface area contributed by atoms with Gasteiger partial charge in [0, 0.05) is 80.9 Å². The Morgan fingerprint density at radius 3 is 2.35 bits per heavy atom. The molecule has 4 amide bonds. The van der Waals surface area contributed by atoms with Gasteiger partial charge in [-0.15, -0.1) is 0 Å². The molecule has 0 spiro atoms. The Morgan fingerprint density at radius 1 is 0.941 bits per heavy atom. The molecular weight excluding hydrogens is 886 g/mol. The van der Waals surface area contributed by atoms with Gasteiger partial charge in [0.25, 0.3) is 0 Å². The topological polar surface area (TPSA) is 219 Å². The third-order valence-electron chi connectivity index (χ3n) is 14.4. The average Bonchev–Trinajstić information content (AvgIpc) is 4.01. The fraction of sp³-hybridized carbons (Fsp3) is 0.490. The molecule has 4 saturated heterocycles. The molecule has 0 aliphatic carbocycles.